The third-order valence-corrected chi connectivity index (χ3v) is 25.5. The summed E-state index contributed by atoms with van der Waals surface area (Å²) in [6.07, 6.45) is 12.7. The van der Waals surface area contributed by atoms with Crippen molar-refractivity contribution in [2.24, 2.45) is 0 Å². The molecule has 0 saturated carbocycles. The van der Waals surface area contributed by atoms with E-state index in [4.69, 9.17) is 30.4 Å². The number of anilines is 6. The average molecular weight is 1730 g/mol. The molecule has 0 spiro atoms. The molecule has 6 aromatic heterocycles. The fraction of sp³-hybridized carbons (Fsp3) is 0.220. The van der Waals surface area contributed by atoms with Crippen molar-refractivity contribution in [3.8, 4) is 0 Å². The Hall–Kier alpha value is -14.3. The molecule has 26 nitrogen and oxygen atoms in total. The number of fused-ring (bicyclic) bond motifs is 6. The number of rotatable bonds is 26. The molecule has 15 rings (SSSR count). The van der Waals surface area contributed by atoms with Gasteiger partial charge in [0.25, 0.3) is 11.8 Å². The number of ether oxygens (including phenoxy) is 1. The molecule has 27 heteroatoms. The Balaban J connectivity index is 0.000000162. The molecule has 15 aromatic rings. The molecule has 0 fully saturated rings. The van der Waals surface area contributed by atoms with Gasteiger partial charge in [0, 0.05) is 113 Å². The molecule has 0 bridgehead atoms. The fourth-order valence-electron chi connectivity index (χ4n) is 13.5. The molecule has 0 aliphatic carbocycles. The van der Waals surface area contributed by atoms with Gasteiger partial charge >= 0.3 is 5.97 Å². The highest BCUT2D eigenvalue weighted by atomic mass is 28.4. The Bertz CT molecular complexity index is 5760. The van der Waals surface area contributed by atoms with Crippen molar-refractivity contribution in [1.29, 1.82) is 0 Å². The number of amides is 5. The van der Waals surface area contributed by atoms with Crippen molar-refractivity contribution < 1.29 is 58.6 Å². The number of hydrogen-bond acceptors (Lipinski definition) is 21. The van der Waals surface area contributed by atoms with Crippen molar-refractivity contribution in [1.82, 2.24) is 40.9 Å². The second kappa shape index (κ2) is 47.5. The zero-order chi connectivity index (χ0) is 90.7. The van der Waals surface area contributed by atoms with Gasteiger partial charge in [-0.05, 0) is 157 Å². The summed E-state index contributed by atoms with van der Waals surface area (Å²) in [5, 5.41) is 48.6. The molecule has 5 amide bonds. The molecule has 0 aliphatic heterocycles. The summed E-state index contributed by atoms with van der Waals surface area (Å²) in [6, 6.07) is 78.5. The van der Waals surface area contributed by atoms with Crippen LogP contribution in [0.3, 0.4) is 0 Å². The second-order valence-corrected chi connectivity index (χ2v) is 35.6. The van der Waals surface area contributed by atoms with Crippen LogP contribution in [0.2, 0.25) is 18.1 Å². The number of aliphatic hydroxyl groups excluding tert-OH is 2. The van der Waals surface area contributed by atoms with Gasteiger partial charge < -0.3 is 50.4 Å². The van der Waals surface area contributed by atoms with Gasteiger partial charge in [0.05, 0.1) is 119 Å². The fourth-order valence-corrected chi connectivity index (χ4v) is 14.5. The molecule has 654 valence electrons. The molecule has 0 aliphatic rings. The first-order valence-electron chi connectivity index (χ1n) is 41.8. The minimum atomic E-state index is -1.65. The lowest BCUT2D eigenvalue weighted by Crippen LogP contribution is -2.41. The highest BCUT2D eigenvalue weighted by Crippen LogP contribution is 2.37. The van der Waals surface area contributed by atoms with Gasteiger partial charge in [-0.2, -0.15) is 0 Å². The van der Waals surface area contributed by atoms with E-state index in [9.17, 15) is 33.9 Å². The van der Waals surface area contributed by atoms with E-state index in [0.717, 1.165) is 125 Å². The van der Waals surface area contributed by atoms with Crippen LogP contribution in [-0.2, 0) is 42.8 Å². The summed E-state index contributed by atoms with van der Waals surface area (Å²) >= 11 is 0. The molecule has 9 aromatic carbocycles. The number of aromatic nitrogens is 6. The Labute approximate surface area is 739 Å². The molecule has 127 heavy (non-hydrogen) atoms. The smallest absolute Gasteiger partial charge is 0.337 e. The van der Waals surface area contributed by atoms with E-state index < -0.39 is 20.1 Å². The first-order chi connectivity index (χ1) is 61.5. The molecule has 0 radical (unpaired) electrons. The van der Waals surface area contributed by atoms with E-state index in [2.05, 4.69) is 98.7 Å². The summed E-state index contributed by atoms with van der Waals surface area (Å²) in [6.45, 7) is 18.9. The number of nitrogens with one attached hydrogen (secondary N) is 4. The number of para-hydroxylation sites is 6. The molecule has 0 atom stereocenters. The third-order valence-electron chi connectivity index (χ3n) is 20.9. The lowest BCUT2D eigenvalue weighted by molar-refractivity contribution is -0.118. The number of esters is 1. The minimum absolute atomic E-state index is 0.000760. The number of methoxy groups -OCH3 is 1. The van der Waals surface area contributed by atoms with Gasteiger partial charge in [-0.25, -0.2) is 15.8 Å². The molecule has 0 unspecified atom stereocenters. The number of hydroxylamine groups is 2. The quantitative estimate of drug-likeness (QED) is 0.00607. The van der Waals surface area contributed by atoms with Gasteiger partial charge in [0.15, 0.2) is 8.32 Å². The maximum Gasteiger partial charge on any atom is 0.337 e. The van der Waals surface area contributed by atoms with Crippen molar-refractivity contribution in [3.63, 3.8) is 0 Å². The summed E-state index contributed by atoms with van der Waals surface area (Å²) < 4.78 is 10.9. The predicted octanol–water partition coefficient (Wildman–Crippen LogP) is 17.4. The monoisotopic (exact) mass is 1720 g/mol. The van der Waals surface area contributed by atoms with Crippen LogP contribution in [0.15, 0.2) is 292 Å². The number of benzene rings is 9. The molecule has 0 saturated heterocycles. The van der Waals surface area contributed by atoms with Crippen LogP contribution in [0.5, 0.6) is 0 Å². The molecular formula is C100H108N14O12Si. The van der Waals surface area contributed by atoms with Crippen LogP contribution in [0.4, 0.5) is 34.1 Å². The zero-order valence-electron chi connectivity index (χ0n) is 72.6. The van der Waals surface area contributed by atoms with Crippen molar-refractivity contribution in [2.45, 2.75) is 84.9 Å². The summed E-state index contributed by atoms with van der Waals surface area (Å²) in [7, 11) is -0.305. The van der Waals surface area contributed by atoms with Crippen LogP contribution in [0.1, 0.15) is 95.2 Å². The van der Waals surface area contributed by atoms with Crippen LogP contribution in [0.25, 0.3) is 65.4 Å². The topological polar surface area (TPSA) is 363 Å². The van der Waals surface area contributed by atoms with Gasteiger partial charge in [-0.15, -0.1) is 0 Å². The van der Waals surface area contributed by atoms with Crippen LogP contribution in [0, 0.1) is 0 Å². The number of carbonyl (C=O) groups is 6. The van der Waals surface area contributed by atoms with E-state index in [-0.39, 0.29) is 67.8 Å². The summed E-state index contributed by atoms with van der Waals surface area (Å²) in [5.74, 6) is -1.81. The number of hydrogen-bond donors (Lipinski definition) is 9. The van der Waals surface area contributed by atoms with E-state index in [1.807, 2.05) is 172 Å². The Morgan fingerprint density at radius 3 is 1.02 bits per heavy atom. The van der Waals surface area contributed by atoms with Gasteiger partial charge in [0.2, 0.25) is 17.7 Å². The molecular weight excluding hydrogens is 1620 g/mol. The Morgan fingerprint density at radius 1 is 0.386 bits per heavy atom. The van der Waals surface area contributed by atoms with Gasteiger partial charge in [-0.3, -0.25) is 64.3 Å². The highest BCUT2D eigenvalue weighted by Gasteiger charge is 2.37. The van der Waals surface area contributed by atoms with Crippen molar-refractivity contribution in [2.75, 3.05) is 90.7 Å². The first kappa shape index (κ1) is 94.9. The minimum Gasteiger partial charge on any atom is -0.465 e. The Morgan fingerprint density at radius 2 is 0.693 bits per heavy atom. The predicted molar refractivity (Wildman–Crippen MR) is 507 cm³/mol. The molecule has 6 heterocycles. The maximum absolute atomic E-state index is 13.0. The third kappa shape index (κ3) is 26.4. The van der Waals surface area contributed by atoms with E-state index >= 15 is 0 Å². The first-order valence-corrected chi connectivity index (χ1v) is 44.7. The van der Waals surface area contributed by atoms with Crippen molar-refractivity contribution >= 4 is 143 Å². The molecule has 10 N–H and O–H groups in total. The second-order valence-electron chi connectivity index (χ2n) is 30.8. The van der Waals surface area contributed by atoms with Crippen LogP contribution < -0.4 is 42.0 Å². The highest BCUT2D eigenvalue weighted by molar-refractivity contribution is 6.74. The normalized spacial score (nSPS) is 10.9. The number of nitrogens with two attached hydrogens (primary N) is 1. The zero-order valence-corrected chi connectivity index (χ0v) is 73.6. The number of nitrogen functional groups attached to an aromatic ring is 1. The average Bonchev–Trinajstić information content (AvgIpc) is 0.806. The lowest BCUT2D eigenvalue weighted by Gasteiger charge is -2.36. The van der Waals surface area contributed by atoms with E-state index in [1.165, 1.54) is 24.1 Å². The SMILES string of the molecule is CC(C)(C)[Si](C)(C)OCCNc1cccc2cccnc12.CCCN(C(=O)Cc1ccc(C(=O)NO)cc1)c1cccc2cccnc12.CCCN(C(=O)Cc1ccc(C(=O)OC)cc1)c1cccc2cccnc12.Nc1cccc2cccnc12.O=C(NO)c1ccc(CC(=O)N(CCO)c2cccc3cccnc23)cc1.OCCNc1cccc2cccnc12. The summed E-state index contributed by atoms with van der Waals surface area (Å²) in [5.41, 5.74) is 22.5. The lowest BCUT2D eigenvalue weighted by atomic mass is 10.1. The number of aliphatic hydroxyl groups is 2. The number of pyridine rings is 6. The largest absolute Gasteiger partial charge is 0.465 e. The van der Waals surface area contributed by atoms with Crippen LogP contribution >= 0.6 is 0 Å². The number of carbonyl (C=O) groups excluding carboxylic acids is 6. The summed E-state index contributed by atoms with van der Waals surface area (Å²) in [4.78, 5) is 105. The maximum atomic E-state index is 13.0. The van der Waals surface area contributed by atoms with E-state index in [1.54, 1.807) is 118 Å². The van der Waals surface area contributed by atoms with Gasteiger partial charge in [-0.1, -0.05) is 180 Å². The standard InChI is InChI=1S/C22H22N2O3.C21H21N3O3.C20H19N3O4.C17H26N2OSi.C11H12N2O.C9H8N2/c1-3-14-24(19-8-4-6-17-7-5-13-23-21(17)19)20(25)15-16-9-11-18(12-10-16)22(26)27-2;1-2-13-24(18-7-3-5-16-6-4-12-22-20(16)18)19(25)14-15-8-10-17(11-9-15)21(26)23-27;24-12-11-23(17-5-1-3-15-4-2-10-21-19(15)17)18(25)13-14-6-8-16(9-7-14)20(26)22-27;1-17(2,3)21(4,5)20-13-12-18-15-10-6-8-14-9-7-11-19-16(14)15;14-8-7-12-10-5-1-3-9-4-2-6-13-11(9)10;10-8-5-1-3-7-4-2-6-11-9(7)8/h4-13H,3,14-15H2,1-2H3;3-12,27H,2,13-14H2,1H3,(H,23,26);1-10,24,27H,11-13H2,(H,22,26);6-11,18H,12-13H2,1-5H3;1-6,12,14H,7-8H2;1-6H,10H2. The van der Waals surface area contributed by atoms with Crippen molar-refractivity contribution in [3.05, 3.63) is 325 Å². The Kier molecular flexibility index (Phi) is 35.5. The van der Waals surface area contributed by atoms with Gasteiger partial charge in [0.1, 0.15) is 0 Å². The van der Waals surface area contributed by atoms with Crippen LogP contribution in [-0.4, -0.2) is 154 Å². The number of nitrogens with zero attached hydrogens (tertiary/aromatic N) is 9. The van der Waals surface area contributed by atoms with E-state index in [0.29, 0.717) is 53.1 Å².